The van der Waals surface area contributed by atoms with Crippen molar-refractivity contribution in [2.24, 2.45) is 5.92 Å². The van der Waals surface area contributed by atoms with Crippen molar-refractivity contribution in [1.29, 1.82) is 0 Å². The third kappa shape index (κ3) is 2.94. The molecular weight excluding hydrogens is 242 g/mol. The molecule has 4 N–H and O–H groups in total. The molecule has 0 aromatic carbocycles. The van der Waals surface area contributed by atoms with Crippen molar-refractivity contribution in [1.82, 2.24) is 25.8 Å². The Morgan fingerprint density at radius 1 is 1.56 bits per heavy atom. The summed E-state index contributed by atoms with van der Waals surface area (Å²) in [7, 11) is 0. The molecule has 9 nitrogen and oxygen atoms in total. The van der Waals surface area contributed by atoms with Gasteiger partial charge in [0.2, 0.25) is 0 Å². The monoisotopic (exact) mass is 255 g/mol. The van der Waals surface area contributed by atoms with Crippen LogP contribution in [0.4, 0.5) is 4.79 Å². The van der Waals surface area contributed by atoms with Gasteiger partial charge in [0.25, 0.3) is 0 Å². The number of aromatic amines is 1. The first-order valence-electron chi connectivity index (χ1n) is 5.36. The first-order valence-corrected chi connectivity index (χ1v) is 5.36. The number of H-pyrrole nitrogens is 1. The SMILES string of the molecule is O=C(NCc1ncn[nH]1)NC1COCC1C(=O)O. The molecule has 1 aromatic rings. The summed E-state index contributed by atoms with van der Waals surface area (Å²) < 4.78 is 5.03. The molecular formula is C9H13N5O4. The van der Waals surface area contributed by atoms with E-state index >= 15 is 0 Å². The zero-order chi connectivity index (χ0) is 13.0. The largest absolute Gasteiger partial charge is 0.481 e. The van der Waals surface area contributed by atoms with Crippen molar-refractivity contribution in [2.45, 2.75) is 12.6 Å². The molecule has 18 heavy (non-hydrogen) atoms. The van der Waals surface area contributed by atoms with Crippen LogP contribution in [-0.2, 0) is 16.1 Å². The Morgan fingerprint density at radius 3 is 3.06 bits per heavy atom. The fourth-order valence-corrected chi connectivity index (χ4v) is 1.64. The Balaban J connectivity index is 1.78. The van der Waals surface area contributed by atoms with E-state index in [9.17, 15) is 9.59 Å². The first-order chi connectivity index (χ1) is 8.66. The smallest absolute Gasteiger partial charge is 0.315 e. The number of nitrogens with one attached hydrogen (secondary N) is 3. The molecule has 0 aliphatic carbocycles. The lowest BCUT2D eigenvalue weighted by Crippen LogP contribution is -2.47. The van der Waals surface area contributed by atoms with Crippen LogP contribution in [-0.4, -0.2) is 51.5 Å². The molecule has 2 amide bonds. The minimum absolute atomic E-state index is 0.113. The summed E-state index contributed by atoms with van der Waals surface area (Å²) in [6.45, 7) is 0.506. The van der Waals surface area contributed by atoms with Gasteiger partial charge in [0, 0.05) is 0 Å². The average molecular weight is 255 g/mol. The van der Waals surface area contributed by atoms with Crippen LogP contribution < -0.4 is 10.6 Å². The molecule has 2 rings (SSSR count). The van der Waals surface area contributed by atoms with E-state index in [1.807, 2.05) is 0 Å². The van der Waals surface area contributed by atoms with Crippen LogP contribution in [0.1, 0.15) is 5.82 Å². The van der Waals surface area contributed by atoms with Crippen LogP contribution in [0.25, 0.3) is 0 Å². The third-order valence-electron chi connectivity index (χ3n) is 2.60. The van der Waals surface area contributed by atoms with Crippen molar-refractivity contribution in [3.8, 4) is 0 Å². The summed E-state index contributed by atoms with van der Waals surface area (Å²) in [6.07, 6.45) is 1.33. The number of amides is 2. The molecule has 98 valence electrons. The minimum atomic E-state index is -0.979. The van der Waals surface area contributed by atoms with E-state index in [0.717, 1.165) is 0 Å². The van der Waals surface area contributed by atoms with Gasteiger partial charge in [0.05, 0.1) is 25.8 Å². The Bertz CT molecular complexity index is 421. The van der Waals surface area contributed by atoms with Gasteiger partial charge in [-0.2, -0.15) is 5.10 Å². The molecule has 2 unspecified atom stereocenters. The van der Waals surface area contributed by atoms with Crippen LogP contribution in [0.15, 0.2) is 6.33 Å². The predicted molar refractivity (Wildman–Crippen MR) is 57.5 cm³/mol. The maximum Gasteiger partial charge on any atom is 0.315 e. The van der Waals surface area contributed by atoms with E-state index in [1.165, 1.54) is 6.33 Å². The second-order valence-electron chi connectivity index (χ2n) is 3.85. The van der Waals surface area contributed by atoms with Gasteiger partial charge in [-0.25, -0.2) is 9.78 Å². The molecule has 1 aliphatic rings. The van der Waals surface area contributed by atoms with Crippen molar-refractivity contribution >= 4 is 12.0 Å². The second kappa shape index (κ2) is 5.45. The minimum Gasteiger partial charge on any atom is -0.481 e. The molecule has 0 saturated carbocycles. The standard InChI is InChI=1S/C9H13N5O4/c15-8(16)5-2-18-3-6(5)13-9(17)10-1-7-11-4-12-14-7/h4-6H,1-3H2,(H,15,16)(H2,10,13,17)(H,11,12,14). The Labute approximate surface area is 102 Å². The lowest BCUT2D eigenvalue weighted by atomic mass is 10.0. The summed E-state index contributed by atoms with van der Waals surface area (Å²) in [6, 6.07) is -0.981. The summed E-state index contributed by atoms with van der Waals surface area (Å²) in [5, 5.41) is 20.2. The van der Waals surface area contributed by atoms with Crippen LogP contribution in [0, 0.1) is 5.92 Å². The predicted octanol–water partition coefficient (Wildman–Crippen LogP) is -1.30. The number of ether oxygens (including phenoxy) is 1. The summed E-state index contributed by atoms with van der Waals surface area (Å²) in [5.41, 5.74) is 0. The number of hydrogen-bond acceptors (Lipinski definition) is 5. The highest BCUT2D eigenvalue weighted by molar-refractivity contribution is 5.77. The molecule has 0 radical (unpaired) electrons. The number of hydrogen-bond donors (Lipinski definition) is 4. The number of aliphatic carboxylic acids is 1. The van der Waals surface area contributed by atoms with Crippen LogP contribution in [0.3, 0.4) is 0 Å². The number of aromatic nitrogens is 3. The third-order valence-corrected chi connectivity index (χ3v) is 2.60. The highest BCUT2D eigenvalue weighted by Crippen LogP contribution is 2.13. The van der Waals surface area contributed by atoms with Gasteiger partial charge in [-0.05, 0) is 0 Å². The molecule has 1 fully saturated rings. The summed E-state index contributed by atoms with van der Waals surface area (Å²) >= 11 is 0. The van der Waals surface area contributed by atoms with Gasteiger partial charge in [-0.1, -0.05) is 0 Å². The van der Waals surface area contributed by atoms with E-state index in [1.54, 1.807) is 0 Å². The highest BCUT2D eigenvalue weighted by Gasteiger charge is 2.34. The Morgan fingerprint density at radius 2 is 2.39 bits per heavy atom. The highest BCUT2D eigenvalue weighted by atomic mass is 16.5. The molecule has 0 bridgehead atoms. The van der Waals surface area contributed by atoms with Gasteiger partial charge < -0.3 is 20.5 Å². The maximum atomic E-state index is 11.5. The zero-order valence-corrected chi connectivity index (χ0v) is 9.42. The van der Waals surface area contributed by atoms with Gasteiger partial charge in [-0.15, -0.1) is 0 Å². The molecule has 9 heteroatoms. The molecule has 2 atom stereocenters. The van der Waals surface area contributed by atoms with Crippen LogP contribution in [0.5, 0.6) is 0 Å². The lowest BCUT2D eigenvalue weighted by molar-refractivity contribution is -0.142. The van der Waals surface area contributed by atoms with Gasteiger partial charge in [0.15, 0.2) is 0 Å². The maximum absolute atomic E-state index is 11.5. The van der Waals surface area contributed by atoms with Crippen LogP contribution in [0.2, 0.25) is 0 Å². The van der Waals surface area contributed by atoms with Crippen molar-refractivity contribution in [3.63, 3.8) is 0 Å². The molecule has 2 heterocycles. The number of rotatable bonds is 4. The van der Waals surface area contributed by atoms with Crippen molar-refractivity contribution < 1.29 is 19.4 Å². The zero-order valence-electron chi connectivity index (χ0n) is 9.42. The van der Waals surface area contributed by atoms with Gasteiger partial charge in [0.1, 0.15) is 18.1 Å². The summed E-state index contributed by atoms with van der Waals surface area (Å²) in [4.78, 5) is 26.2. The quantitative estimate of drug-likeness (QED) is 0.529. The Kier molecular flexibility index (Phi) is 3.72. The van der Waals surface area contributed by atoms with E-state index in [-0.39, 0.29) is 19.8 Å². The van der Waals surface area contributed by atoms with Gasteiger partial charge >= 0.3 is 12.0 Å². The lowest BCUT2D eigenvalue weighted by Gasteiger charge is -2.15. The number of carbonyl (C=O) groups excluding carboxylic acids is 1. The normalized spacial score (nSPS) is 22.7. The topological polar surface area (TPSA) is 129 Å². The van der Waals surface area contributed by atoms with E-state index < -0.39 is 24.0 Å². The number of urea groups is 1. The molecule has 1 saturated heterocycles. The van der Waals surface area contributed by atoms with Crippen molar-refractivity contribution in [2.75, 3.05) is 13.2 Å². The molecule has 1 aromatic heterocycles. The molecule has 0 spiro atoms. The second-order valence-corrected chi connectivity index (χ2v) is 3.85. The van der Waals surface area contributed by atoms with E-state index in [4.69, 9.17) is 9.84 Å². The first kappa shape index (κ1) is 12.3. The van der Waals surface area contributed by atoms with E-state index in [0.29, 0.717) is 5.82 Å². The number of carbonyl (C=O) groups is 2. The fraction of sp³-hybridized carbons (Fsp3) is 0.556. The number of carboxylic acids is 1. The van der Waals surface area contributed by atoms with E-state index in [2.05, 4.69) is 25.8 Å². The van der Waals surface area contributed by atoms with Gasteiger partial charge in [-0.3, -0.25) is 9.89 Å². The number of nitrogens with zero attached hydrogens (tertiary/aromatic N) is 2. The summed E-state index contributed by atoms with van der Waals surface area (Å²) in [5.74, 6) is -1.17. The molecule has 1 aliphatic heterocycles. The fourth-order valence-electron chi connectivity index (χ4n) is 1.64. The Hall–Kier alpha value is -2.16. The number of carboxylic acid groups (broad SMARTS) is 1. The van der Waals surface area contributed by atoms with Crippen molar-refractivity contribution in [3.05, 3.63) is 12.2 Å². The average Bonchev–Trinajstić information content (AvgIpc) is 2.96. The van der Waals surface area contributed by atoms with Crippen LogP contribution >= 0.6 is 0 Å².